The Morgan fingerprint density at radius 1 is 0.284 bits per heavy atom. The predicted molar refractivity (Wildman–Crippen MR) is 414 cm³/mol. The molecule has 0 atom stereocenters. The molecule has 0 radical (unpaired) electrons. The molecule has 0 spiro atoms. The number of H-pyrrole nitrogens is 3. The summed E-state index contributed by atoms with van der Waals surface area (Å²) in [4.78, 5) is 44.0. The number of aliphatic imine (C=N–C) groups is 3. The van der Waals surface area contributed by atoms with Crippen molar-refractivity contribution in [3.63, 3.8) is 0 Å². The normalized spacial score (nSPS) is 14.3. The van der Waals surface area contributed by atoms with Crippen LogP contribution >= 0.6 is 0 Å². The van der Waals surface area contributed by atoms with Crippen LogP contribution in [0.1, 0.15) is 133 Å². The molecule has 102 heavy (non-hydrogen) atoms. The van der Waals surface area contributed by atoms with E-state index in [1.54, 1.807) is 0 Å². The van der Waals surface area contributed by atoms with Gasteiger partial charge in [0.15, 0.2) is 0 Å². The zero-order valence-electron chi connectivity index (χ0n) is 59.0. The molecule has 0 amide bonds. The second-order valence-electron chi connectivity index (χ2n) is 27.0. The van der Waals surface area contributed by atoms with Crippen molar-refractivity contribution in [2.24, 2.45) is 15.0 Å². The number of nitrogens with zero attached hydrogens (tertiary/aromatic N) is 9. The van der Waals surface area contributed by atoms with Gasteiger partial charge in [0.25, 0.3) is 0 Å². The third kappa shape index (κ3) is 11.9. The third-order valence-corrected chi connectivity index (χ3v) is 20.0. The molecule has 0 fully saturated rings. The standard InChI is InChI=1S/C90H84N12/c1-7-22-61-52-70-76-34-35-77(100(76)67-40-46-91-47-41-67)72-54-63(24-9-3)87(96-72)83(59-30-18-14-19-31-59)88-65(26-11-5)56-74(98-88)80-38-39-81(102(80)69-44-50-93-51-45-69)75-57-66(27-12-6)90(99-75)84(60-32-20-15-21-33-60)89-64(25-10-4)55-73(97-89)79-37-36-78(101(79)68-42-48-92-49-43-68)71-53-62(23-8-2)86(95-71)82(85(61)94-70)58-28-16-13-17-29-58/h13-21,28-57,94,97-98H,7-12,22-27H2,1-6H3. The number of hydrogen-bond acceptors (Lipinski definition) is 6. The first-order valence-electron chi connectivity index (χ1n) is 36.7. The molecule has 4 aliphatic rings. The van der Waals surface area contributed by atoms with Crippen molar-refractivity contribution in [1.29, 1.82) is 0 Å². The largest absolute Gasteiger partial charge is 0.353 e. The first-order valence-corrected chi connectivity index (χ1v) is 36.7. The second kappa shape index (κ2) is 28.5. The Morgan fingerprint density at radius 3 is 0.794 bits per heavy atom. The van der Waals surface area contributed by atoms with Crippen molar-refractivity contribution < 1.29 is 0 Å². The Kier molecular flexibility index (Phi) is 18.1. The van der Waals surface area contributed by atoms with Crippen LogP contribution in [0.15, 0.2) is 269 Å². The van der Waals surface area contributed by atoms with Gasteiger partial charge < -0.3 is 28.7 Å². The van der Waals surface area contributed by atoms with Crippen LogP contribution in [0.25, 0.3) is 50.9 Å². The lowest BCUT2D eigenvalue weighted by Crippen LogP contribution is -2.21. The molecule has 3 N–H and O–H groups in total. The number of hydrogen-bond donors (Lipinski definition) is 3. The maximum Gasteiger partial charge on any atom is 0.0881 e. The summed E-state index contributed by atoms with van der Waals surface area (Å²) in [6, 6.07) is 66.1. The zero-order chi connectivity index (χ0) is 69.2. The van der Waals surface area contributed by atoms with Gasteiger partial charge in [0.2, 0.25) is 0 Å². The van der Waals surface area contributed by atoms with Gasteiger partial charge in [-0.25, -0.2) is 15.0 Å². The van der Waals surface area contributed by atoms with Crippen LogP contribution < -0.4 is 32.1 Å². The molecule has 3 aromatic carbocycles. The van der Waals surface area contributed by atoms with Gasteiger partial charge in [-0.05, 0) is 198 Å². The Hall–Kier alpha value is -11.8. The minimum absolute atomic E-state index is 0.835. The van der Waals surface area contributed by atoms with Crippen LogP contribution in [-0.4, -0.2) is 60.7 Å². The number of benzene rings is 3. The van der Waals surface area contributed by atoms with Crippen molar-refractivity contribution in [2.45, 2.75) is 119 Å². The van der Waals surface area contributed by atoms with Crippen molar-refractivity contribution in [3.8, 4) is 17.1 Å². The van der Waals surface area contributed by atoms with Gasteiger partial charge in [0, 0.05) is 71.0 Å². The van der Waals surface area contributed by atoms with Crippen molar-refractivity contribution in [1.82, 2.24) is 43.6 Å². The summed E-state index contributed by atoms with van der Waals surface area (Å²) in [6.45, 7) is 13.6. The fourth-order valence-electron chi connectivity index (χ4n) is 15.6. The van der Waals surface area contributed by atoms with Gasteiger partial charge in [-0.3, -0.25) is 15.0 Å². The first-order chi connectivity index (χ1) is 50.3. The molecule has 0 unspecified atom stereocenters. The Bertz CT molecular complexity index is 5550. The van der Waals surface area contributed by atoms with Crippen molar-refractivity contribution in [3.05, 3.63) is 352 Å². The summed E-state index contributed by atoms with van der Waals surface area (Å²) in [5, 5.41) is 12.2. The van der Waals surface area contributed by atoms with E-state index in [1.165, 1.54) is 33.4 Å². The van der Waals surface area contributed by atoms with E-state index in [1.807, 2.05) is 37.2 Å². The number of aromatic amines is 3. The topological polar surface area (TPSA) is 138 Å². The molecule has 0 saturated carbocycles. The van der Waals surface area contributed by atoms with E-state index in [2.05, 4.69) is 285 Å². The molecule has 16 rings (SSSR count). The molecular formula is C90H84N12. The molecule has 4 aliphatic heterocycles. The molecule has 0 aliphatic carbocycles. The number of rotatable bonds is 18. The van der Waals surface area contributed by atoms with Crippen LogP contribution in [-0.2, 0) is 19.3 Å². The molecule has 12 heteroatoms. The van der Waals surface area contributed by atoms with Gasteiger partial charge in [0.05, 0.1) is 98.4 Å². The molecular weight excluding hydrogens is 1250 g/mol. The van der Waals surface area contributed by atoms with E-state index in [-0.39, 0.29) is 0 Å². The molecule has 9 aromatic heterocycles. The van der Waals surface area contributed by atoms with Gasteiger partial charge in [-0.15, -0.1) is 0 Å². The van der Waals surface area contributed by atoms with Crippen LogP contribution in [0.4, 0.5) is 0 Å². The molecule has 0 saturated heterocycles. The van der Waals surface area contributed by atoms with E-state index >= 15 is 0 Å². The number of nitrogens with one attached hydrogen (secondary N) is 3. The van der Waals surface area contributed by atoms with Gasteiger partial charge >= 0.3 is 0 Å². The average molecular weight is 1330 g/mol. The van der Waals surface area contributed by atoms with Gasteiger partial charge in [0.1, 0.15) is 0 Å². The molecule has 18 bridgehead atoms. The maximum atomic E-state index is 5.93. The average Bonchev–Trinajstić information content (AvgIpc) is 1.58. The van der Waals surface area contributed by atoms with Gasteiger partial charge in [-0.2, -0.15) is 0 Å². The van der Waals surface area contributed by atoms with Crippen molar-refractivity contribution >= 4 is 50.9 Å². The highest BCUT2D eigenvalue weighted by Crippen LogP contribution is 2.34. The Balaban J connectivity index is 1.13. The minimum Gasteiger partial charge on any atom is -0.353 e. The highest BCUT2D eigenvalue weighted by molar-refractivity contribution is 6.36. The SMILES string of the molecule is CCCC1=CC2=c3ccc(n3-c3ccncc3)=c3cc(CCC)c([nH]3)=C(c3ccccc3)C3=NC(=c4ccc(n4-c4ccncc4)=c4cc(CCC)c([nH]4)=C(c4ccccc4)C4=NC(=c5ccc(n5-c5ccncc5)=c5cc(CCC)c([nH]5)=C(c5ccccc5)C1=N2)C=C4CCC)C=C3CCC. The van der Waals surface area contributed by atoms with Crippen LogP contribution in [0.2, 0.25) is 0 Å². The summed E-state index contributed by atoms with van der Waals surface area (Å²) >= 11 is 0. The number of allylic oxidation sites excluding steroid dienone is 3. The van der Waals surface area contributed by atoms with Gasteiger partial charge in [-0.1, -0.05) is 171 Å². The number of aromatic nitrogens is 9. The summed E-state index contributed by atoms with van der Waals surface area (Å²) in [5.74, 6) is 0. The lowest BCUT2D eigenvalue weighted by molar-refractivity contribution is 0.914. The minimum atomic E-state index is 0.835. The number of fused-ring (bicyclic) bond motifs is 15. The second-order valence-corrected chi connectivity index (χ2v) is 27.0. The van der Waals surface area contributed by atoms with Crippen LogP contribution in [0, 0.1) is 32.1 Å². The number of aryl methyl sites for hydroxylation is 3. The molecule has 13 heterocycles. The zero-order valence-corrected chi connectivity index (χ0v) is 59.0. The highest BCUT2D eigenvalue weighted by Gasteiger charge is 2.28. The van der Waals surface area contributed by atoms with E-state index in [9.17, 15) is 0 Å². The quantitative estimate of drug-likeness (QED) is 0.0789. The first kappa shape index (κ1) is 64.9. The fraction of sp³-hybridized carbons (Fsp3) is 0.200. The third-order valence-electron chi connectivity index (χ3n) is 20.0. The maximum absolute atomic E-state index is 5.93. The smallest absolute Gasteiger partial charge is 0.0881 e. The van der Waals surface area contributed by atoms with E-state index in [0.717, 1.165) is 226 Å². The lowest BCUT2D eigenvalue weighted by atomic mass is 9.92. The highest BCUT2D eigenvalue weighted by atomic mass is 15.0. The van der Waals surface area contributed by atoms with Crippen LogP contribution in [0.3, 0.4) is 0 Å². The molecule has 12 nitrogen and oxygen atoms in total. The van der Waals surface area contributed by atoms with Crippen LogP contribution in [0.5, 0.6) is 0 Å². The predicted octanol–water partition coefficient (Wildman–Crippen LogP) is 14.8. The summed E-state index contributed by atoms with van der Waals surface area (Å²) < 4.78 is 7.12. The summed E-state index contributed by atoms with van der Waals surface area (Å²) in [5.41, 5.74) is 22.4. The van der Waals surface area contributed by atoms with E-state index in [0.29, 0.717) is 0 Å². The molecule has 12 aromatic rings. The Morgan fingerprint density at radius 2 is 0.539 bits per heavy atom. The molecule has 504 valence electrons. The number of pyridine rings is 3. The van der Waals surface area contributed by atoms with Crippen molar-refractivity contribution in [2.75, 3.05) is 0 Å². The lowest BCUT2D eigenvalue weighted by Gasteiger charge is -2.12. The monoisotopic (exact) mass is 1330 g/mol. The summed E-state index contributed by atoms with van der Waals surface area (Å²) in [6.07, 6.45) is 29.1. The van der Waals surface area contributed by atoms with E-state index < -0.39 is 0 Å². The Labute approximate surface area is 593 Å². The fourth-order valence-corrected chi connectivity index (χ4v) is 15.6. The van der Waals surface area contributed by atoms with E-state index in [4.69, 9.17) is 15.0 Å². The summed E-state index contributed by atoms with van der Waals surface area (Å²) in [7, 11) is 0.